The van der Waals surface area contributed by atoms with Crippen LogP contribution in [0.4, 0.5) is 0 Å². The lowest BCUT2D eigenvalue weighted by Gasteiger charge is -2.15. The van der Waals surface area contributed by atoms with Crippen molar-refractivity contribution in [2.24, 2.45) is 0 Å². The lowest BCUT2D eigenvalue weighted by molar-refractivity contribution is 0.541. The van der Waals surface area contributed by atoms with Gasteiger partial charge in [0.15, 0.2) is 0 Å². The molecule has 1 atom stereocenters. The number of thioether (sulfide) groups is 1. The largest absolute Gasteiger partial charge is 0.313 e. The lowest BCUT2D eigenvalue weighted by Crippen LogP contribution is -2.15. The molecule has 1 rings (SSSR count). The van der Waals surface area contributed by atoms with Crippen molar-refractivity contribution in [1.29, 1.82) is 0 Å². The first-order valence-electron chi connectivity index (χ1n) is 5.13. The molecule has 0 aliphatic rings. The Bertz CT molecular complexity index is 256. The van der Waals surface area contributed by atoms with Crippen LogP contribution in [0.25, 0.3) is 0 Å². The molecule has 0 amide bonds. The molecule has 0 heterocycles. The number of rotatable bonds is 5. The molecule has 1 unspecified atom stereocenters. The van der Waals surface area contributed by atoms with Crippen LogP contribution < -0.4 is 5.32 Å². The monoisotopic (exact) mass is 209 g/mol. The summed E-state index contributed by atoms with van der Waals surface area (Å²) in [5, 5.41) is 3.35. The van der Waals surface area contributed by atoms with Crippen molar-refractivity contribution in [2.75, 3.05) is 13.3 Å². The highest BCUT2D eigenvalue weighted by Gasteiger charge is 2.06. The van der Waals surface area contributed by atoms with Gasteiger partial charge in [0.1, 0.15) is 0 Å². The average Bonchev–Trinajstić information content (AvgIpc) is 2.26. The van der Waals surface area contributed by atoms with Crippen LogP contribution in [0.2, 0.25) is 0 Å². The zero-order valence-corrected chi connectivity index (χ0v) is 10.0. The van der Waals surface area contributed by atoms with Crippen LogP contribution in [-0.2, 0) is 0 Å². The maximum atomic E-state index is 3.35. The second-order valence-corrected chi connectivity index (χ2v) is 4.28. The molecule has 0 aliphatic carbocycles. The lowest BCUT2D eigenvalue weighted by atomic mass is 10.0. The first-order valence-corrected chi connectivity index (χ1v) is 6.35. The maximum absolute atomic E-state index is 3.35. The van der Waals surface area contributed by atoms with Gasteiger partial charge in [-0.1, -0.05) is 25.5 Å². The van der Waals surface area contributed by atoms with E-state index in [9.17, 15) is 0 Å². The standard InChI is InChI=1S/C12H19NS/c1-4-5-12(13-2)10-6-8-11(14-3)9-7-10/h6-9,12-13H,4-5H2,1-3H3. The third-order valence-electron chi connectivity index (χ3n) is 2.44. The molecule has 0 saturated carbocycles. The second-order valence-electron chi connectivity index (χ2n) is 3.40. The minimum atomic E-state index is 0.510. The Balaban J connectivity index is 2.73. The Morgan fingerprint density at radius 2 is 1.93 bits per heavy atom. The van der Waals surface area contributed by atoms with Crippen molar-refractivity contribution in [2.45, 2.75) is 30.7 Å². The predicted molar refractivity (Wildman–Crippen MR) is 64.9 cm³/mol. The molecular weight excluding hydrogens is 190 g/mol. The topological polar surface area (TPSA) is 12.0 Å². The quantitative estimate of drug-likeness (QED) is 0.745. The molecule has 1 nitrogen and oxygen atoms in total. The SMILES string of the molecule is CCCC(NC)c1ccc(SC)cc1. The van der Waals surface area contributed by atoms with Crippen molar-refractivity contribution in [3.63, 3.8) is 0 Å². The van der Waals surface area contributed by atoms with E-state index in [1.807, 2.05) is 7.05 Å². The average molecular weight is 209 g/mol. The van der Waals surface area contributed by atoms with Gasteiger partial charge >= 0.3 is 0 Å². The fourth-order valence-corrected chi connectivity index (χ4v) is 2.01. The summed E-state index contributed by atoms with van der Waals surface area (Å²) in [5.41, 5.74) is 1.40. The molecule has 2 heteroatoms. The first kappa shape index (κ1) is 11.6. The van der Waals surface area contributed by atoms with Crippen LogP contribution >= 0.6 is 11.8 Å². The zero-order chi connectivity index (χ0) is 10.4. The van der Waals surface area contributed by atoms with Crippen LogP contribution in [0.3, 0.4) is 0 Å². The minimum Gasteiger partial charge on any atom is -0.313 e. The summed E-state index contributed by atoms with van der Waals surface area (Å²) in [5.74, 6) is 0. The first-order chi connectivity index (χ1) is 6.81. The van der Waals surface area contributed by atoms with E-state index in [1.54, 1.807) is 11.8 Å². The third kappa shape index (κ3) is 3.03. The van der Waals surface area contributed by atoms with Gasteiger partial charge in [0.05, 0.1) is 0 Å². The van der Waals surface area contributed by atoms with Gasteiger partial charge in [0.25, 0.3) is 0 Å². The van der Waals surface area contributed by atoms with Crippen LogP contribution in [0.1, 0.15) is 31.4 Å². The van der Waals surface area contributed by atoms with Gasteiger partial charge in [0, 0.05) is 10.9 Å². The summed E-state index contributed by atoms with van der Waals surface area (Å²) in [6.07, 6.45) is 4.53. The molecule has 1 aromatic carbocycles. The smallest absolute Gasteiger partial charge is 0.0317 e. The van der Waals surface area contributed by atoms with E-state index in [4.69, 9.17) is 0 Å². The van der Waals surface area contributed by atoms with E-state index in [0.29, 0.717) is 6.04 Å². The van der Waals surface area contributed by atoms with Gasteiger partial charge in [-0.15, -0.1) is 11.8 Å². The fraction of sp³-hybridized carbons (Fsp3) is 0.500. The molecule has 0 spiro atoms. The zero-order valence-electron chi connectivity index (χ0n) is 9.21. The van der Waals surface area contributed by atoms with Gasteiger partial charge < -0.3 is 5.32 Å². The van der Waals surface area contributed by atoms with Crippen molar-refractivity contribution in [3.05, 3.63) is 29.8 Å². The van der Waals surface area contributed by atoms with Crippen LogP contribution in [0.5, 0.6) is 0 Å². The van der Waals surface area contributed by atoms with Crippen molar-refractivity contribution < 1.29 is 0 Å². The normalized spacial score (nSPS) is 12.8. The number of hydrogen-bond acceptors (Lipinski definition) is 2. The molecule has 0 bridgehead atoms. The van der Waals surface area contributed by atoms with Gasteiger partial charge in [-0.3, -0.25) is 0 Å². The Labute approximate surface area is 91.3 Å². The van der Waals surface area contributed by atoms with Crippen molar-refractivity contribution in [3.8, 4) is 0 Å². The van der Waals surface area contributed by atoms with Gasteiger partial charge in [-0.2, -0.15) is 0 Å². The Morgan fingerprint density at radius 1 is 1.29 bits per heavy atom. The van der Waals surface area contributed by atoms with E-state index in [-0.39, 0.29) is 0 Å². The number of benzene rings is 1. The van der Waals surface area contributed by atoms with Gasteiger partial charge in [0.2, 0.25) is 0 Å². The molecule has 1 aromatic rings. The molecule has 1 N–H and O–H groups in total. The molecule has 0 aliphatic heterocycles. The van der Waals surface area contributed by atoms with Gasteiger partial charge in [-0.05, 0) is 37.4 Å². The highest BCUT2D eigenvalue weighted by atomic mass is 32.2. The predicted octanol–water partition coefficient (Wildman–Crippen LogP) is 3.47. The van der Waals surface area contributed by atoms with E-state index in [1.165, 1.54) is 23.3 Å². The van der Waals surface area contributed by atoms with Gasteiger partial charge in [-0.25, -0.2) is 0 Å². The molecule has 0 radical (unpaired) electrons. The molecule has 78 valence electrons. The number of nitrogens with one attached hydrogen (secondary N) is 1. The summed E-state index contributed by atoms with van der Waals surface area (Å²) in [7, 11) is 2.03. The highest BCUT2D eigenvalue weighted by molar-refractivity contribution is 7.98. The Hall–Kier alpha value is -0.470. The Morgan fingerprint density at radius 3 is 2.36 bits per heavy atom. The molecular formula is C12H19NS. The van der Waals surface area contributed by atoms with Crippen molar-refractivity contribution in [1.82, 2.24) is 5.32 Å². The van der Waals surface area contributed by atoms with Crippen LogP contribution in [0, 0.1) is 0 Å². The summed E-state index contributed by atoms with van der Waals surface area (Å²) >= 11 is 1.79. The summed E-state index contributed by atoms with van der Waals surface area (Å²) in [6, 6.07) is 9.35. The van der Waals surface area contributed by atoms with E-state index < -0.39 is 0 Å². The van der Waals surface area contributed by atoms with E-state index >= 15 is 0 Å². The maximum Gasteiger partial charge on any atom is 0.0317 e. The summed E-state index contributed by atoms with van der Waals surface area (Å²) in [6.45, 7) is 2.22. The second kappa shape index (κ2) is 6.10. The van der Waals surface area contributed by atoms with Crippen LogP contribution in [0.15, 0.2) is 29.2 Å². The minimum absolute atomic E-state index is 0.510. The Kier molecular flexibility index (Phi) is 5.05. The molecule has 0 fully saturated rings. The third-order valence-corrected chi connectivity index (χ3v) is 3.19. The molecule has 0 aromatic heterocycles. The molecule has 0 saturated heterocycles. The fourth-order valence-electron chi connectivity index (χ4n) is 1.60. The van der Waals surface area contributed by atoms with E-state index in [0.717, 1.165) is 0 Å². The summed E-state index contributed by atoms with van der Waals surface area (Å²) in [4.78, 5) is 1.33. The van der Waals surface area contributed by atoms with Crippen molar-refractivity contribution >= 4 is 11.8 Å². The highest BCUT2D eigenvalue weighted by Crippen LogP contribution is 2.21. The van der Waals surface area contributed by atoms with Crippen LogP contribution in [-0.4, -0.2) is 13.3 Å². The molecule has 14 heavy (non-hydrogen) atoms. The number of hydrogen-bond donors (Lipinski definition) is 1. The summed E-state index contributed by atoms with van der Waals surface area (Å²) < 4.78 is 0. The van der Waals surface area contributed by atoms with E-state index in [2.05, 4.69) is 42.8 Å².